The van der Waals surface area contributed by atoms with Crippen molar-refractivity contribution in [3.63, 3.8) is 0 Å². The van der Waals surface area contributed by atoms with Crippen LogP contribution in [-0.2, 0) is 9.53 Å². The van der Waals surface area contributed by atoms with Crippen LogP contribution in [0.15, 0.2) is 12.1 Å². The summed E-state index contributed by atoms with van der Waals surface area (Å²) in [4.78, 5) is 23.9. The first-order chi connectivity index (χ1) is 11.5. The molecule has 0 saturated carbocycles. The third-order valence-electron chi connectivity index (χ3n) is 2.87. The van der Waals surface area contributed by atoms with Gasteiger partial charge in [-0.2, -0.15) is 0 Å². The van der Waals surface area contributed by atoms with Gasteiger partial charge in [0.15, 0.2) is 18.1 Å². The highest BCUT2D eigenvalue weighted by Gasteiger charge is 2.19. The van der Waals surface area contributed by atoms with Crippen molar-refractivity contribution in [2.45, 2.75) is 40.2 Å². The molecule has 0 fully saturated rings. The lowest BCUT2D eigenvalue weighted by Crippen LogP contribution is -2.42. The standard InChI is InChI=1S/C18H26ClNO5/c1-11(2)9-24-16-13(19)7-12(8-14(16)23-6)17(22)25-10-15(21)20-18(3,4)5/h7-8,11H,9-10H2,1-6H3,(H,20,21). The number of nitrogens with one attached hydrogen (secondary N) is 1. The monoisotopic (exact) mass is 371 g/mol. The second-order valence-corrected chi connectivity index (χ2v) is 7.48. The number of benzene rings is 1. The van der Waals surface area contributed by atoms with Crippen LogP contribution >= 0.6 is 11.6 Å². The number of hydrogen-bond acceptors (Lipinski definition) is 5. The van der Waals surface area contributed by atoms with Gasteiger partial charge in [0.25, 0.3) is 5.91 Å². The number of carbonyl (C=O) groups excluding carboxylic acids is 2. The van der Waals surface area contributed by atoms with Crippen LogP contribution in [0.3, 0.4) is 0 Å². The molecular formula is C18H26ClNO5. The summed E-state index contributed by atoms with van der Waals surface area (Å²) < 4.78 is 15.9. The zero-order valence-corrected chi connectivity index (χ0v) is 16.3. The first-order valence-electron chi connectivity index (χ1n) is 8.02. The zero-order valence-electron chi connectivity index (χ0n) is 15.6. The molecule has 140 valence electrons. The van der Waals surface area contributed by atoms with Crippen LogP contribution in [0.5, 0.6) is 11.5 Å². The molecule has 0 heterocycles. The van der Waals surface area contributed by atoms with E-state index in [1.165, 1.54) is 19.2 Å². The van der Waals surface area contributed by atoms with Gasteiger partial charge in [-0.3, -0.25) is 4.79 Å². The Hall–Kier alpha value is -1.95. The van der Waals surface area contributed by atoms with Crippen molar-refractivity contribution in [3.05, 3.63) is 22.7 Å². The van der Waals surface area contributed by atoms with Crippen molar-refractivity contribution in [3.8, 4) is 11.5 Å². The molecule has 0 aliphatic rings. The Balaban J connectivity index is 2.82. The molecule has 1 N–H and O–H groups in total. The highest BCUT2D eigenvalue weighted by atomic mass is 35.5. The Morgan fingerprint density at radius 3 is 2.40 bits per heavy atom. The van der Waals surface area contributed by atoms with Crippen LogP contribution in [0.1, 0.15) is 45.0 Å². The van der Waals surface area contributed by atoms with E-state index in [1.807, 2.05) is 34.6 Å². The summed E-state index contributed by atoms with van der Waals surface area (Å²) in [5, 5.41) is 2.95. The van der Waals surface area contributed by atoms with E-state index in [1.54, 1.807) is 0 Å². The average molecular weight is 372 g/mol. The molecule has 0 atom stereocenters. The van der Waals surface area contributed by atoms with Gasteiger partial charge in [-0.15, -0.1) is 0 Å². The molecule has 0 aliphatic heterocycles. The number of carbonyl (C=O) groups is 2. The maximum absolute atomic E-state index is 12.2. The summed E-state index contributed by atoms with van der Waals surface area (Å²) in [5.74, 6) is -0.0265. The lowest BCUT2D eigenvalue weighted by Gasteiger charge is -2.20. The molecule has 25 heavy (non-hydrogen) atoms. The second-order valence-electron chi connectivity index (χ2n) is 7.07. The first kappa shape index (κ1) is 21.1. The van der Waals surface area contributed by atoms with Gasteiger partial charge in [0.2, 0.25) is 0 Å². The SMILES string of the molecule is COc1cc(C(=O)OCC(=O)NC(C)(C)C)cc(Cl)c1OCC(C)C. The maximum Gasteiger partial charge on any atom is 0.338 e. The van der Waals surface area contributed by atoms with E-state index in [9.17, 15) is 9.59 Å². The van der Waals surface area contributed by atoms with Gasteiger partial charge in [-0.05, 0) is 38.8 Å². The predicted molar refractivity (Wildman–Crippen MR) is 96.5 cm³/mol. The molecule has 1 aromatic carbocycles. The Morgan fingerprint density at radius 1 is 1.24 bits per heavy atom. The highest BCUT2D eigenvalue weighted by molar-refractivity contribution is 6.32. The smallest absolute Gasteiger partial charge is 0.338 e. The number of halogens is 1. The first-order valence-corrected chi connectivity index (χ1v) is 8.39. The Labute approximate surface area is 153 Å². The van der Waals surface area contributed by atoms with Crippen molar-refractivity contribution >= 4 is 23.5 Å². The van der Waals surface area contributed by atoms with Crippen molar-refractivity contribution in [2.24, 2.45) is 5.92 Å². The van der Waals surface area contributed by atoms with E-state index in [2.05, 4.69) is 5.32 Å². The third-order valence-corrected chi connectivity index (χ3v) is 3.16. The van der Waals surface area contributed by atoms with Gasteiger partial charge in [0, 0.05) is 5.54 Å². The molecule has 1 rings (SSSR count). The topological polar surface area (TPSA) is 73.9 Å². The predicted octanol–water partition coefficient (Wildman–Crippen LogP) is 3.45. The molecule has 0 bridgehead atoms. The molecule has 1 aromatic rings. The largest absolute Gasteiger partial charge is 0.493 e. The minimum Gasteiger partial charge on any atom is -0.493 e. The van der Waals surface area contributed by atoms with Crippen molar-refractivity contribution in [1.82, 2.24) is 5.32 Å². The minimum atomic E-state index is -0.667. The van der Waals surface area contributed by atoms with Crippen LogP contribution in [0.25, 0.3) is 0 Å². The highest BCUT2D eigenvalue weighted by Crippen LogP contribution is 2.36. The van der Waals surface area contributed by atoms with Crippen LogP contribution < -0.4 is 14.8 Å². The number of rotatable bonds is 7. The van der Waals surface area contributed by atoms with Gasteiger partial charge in [-0.25, -0.2) is 4.79 Å². The summed E-state index contributed by atoms with van der Waals surface area (Å²) in [5.41, 5.74) is -0.215. The fourth-order valence-corrected chi connectivity index (χ4v) is 2.16. The van der Waals surface area contributed by atoms with Gasteiger partial charge >= 0.3 is 5.97 Å². The molecule has 0 unspecified atom stereocenters. The molecule has 0 radical (unpaired) electrons. The molecule has 6 nitrogen and oxygen atoms in total. The molecule has 0 saturated heterocycles. The Morgan fingerprint density at radius 2 is 1.88 bits per heavy atom. The van der Waals surface area contributed by atoms with E-state index in [0.717, 1.165) is 0 Å². The molecular weight excluding hydrogens is 346 g/mol. The summed E-state index contributed by atoms with van der Waals surface area (Å²) >= 11 is 6.20. The van der Waals surface area contributed by atoms with Crippen LogP contribution in [-0.4, -0.2) is 37.7 Å². The van der Waals surface area contributed by atoms with Crippen LogP contribution in [0.2, 0.25) is 5.02 Å². The molecule has 7 heteroatoms. The van der Waals surface area contributed by atoms with Crippen LogP contribution in [0.4, 0.5) is 0 Å². The number of esters is 1. The number of methoxy groups -OCH3 is 1. The van der Waals surface area contributed by atoms with Gasteiger partial charge in [0.1, 0.15) is 0 Å². The molecule has 1 amide bonds. The zero-order chi connectivity index (χ0) is 19.2. The van der Waals surface area contributed by atoms with Gasteiger partial charge < -0.3 is 19.5 Å². The summed E-state index contributed by atoms with van der Waals surface area (Å²) in [6.45, 7) is 9.63. The van der Waals surface area contributed by atoms with E-state index < -0.39 is 11.5 Å². The normalized spacial score (nSPS) is 11.2. The third kappa shape index (κ3) is 7.22. The van der Waals surface area contributed by atoms with Crippen molar-refractivity contribution in [1.29, 1.82) is 0 Å². The number of amides is 1. The fraction of sp³-hybridized carbons (Fsp3) is 0.556. The lowest BCUT2D eigenvalue weighted by atomic mass is 10.1. The van der Waals surface area contributed by atoms with E-state index in [-0.39, 0.29) is 23.1 Å². The second kappa shape index (κ2) is 8.94. The minimum absolute atomic E-state index is 0.183. The average Bonchev–Trinajstić information content (AvgIpc) is 2.48. The van der Waals surface area contributed by atoms with Gasteiger partial charge in [0.05, 0.1) is 24.3 Å². The lowest BCUT2D eigenvalue weighted by molar-refractivity contribution is -0.125. The van der Waals surface area contributed by atoms with Gasteiger partial charge in [-0.1, -0.05) is 25.4 Å². The fourth-order valence-electron chi connectivity index (χ4n) is 1.90. The van der Waals surface area contributed by atoms with E-state index >= 15 is 0 Å². The van der Waals surface area contributed by atoms with Crippen molar-refractivity contribution in [2.75, 3.05) is 20.3 Å². The van der Waals surface area contributed by atoms with E-state index in [0.29, 0.717) is 24.0 Å². The molecule has 0 aromatic heterocycles. The van der Waals surface area contributed by atoms with Crippen LogP contribution in [0, 0.1) is 5.92 Å². The number of ether oxygens (including phenoxy) is 3. The quantitative estimate of drug-likeness (QED) is 0.743. The van der Waals surface area contributed by atoms with E-state index in [4.69, 9.17) is 25.8 Å². The Kier molecular flexibility index (Phi) is 7.55. The Bertz CT molecular complexity index is 623. The number of hydrogen-bond donors (Lipinski definition) is 1. The summed E-state index contributed by atoms with van der Waals surface area (Å²) in [6.07, 6.45) is 0. The summed E-state index contributed by atoms with van der Waals surface area (Å²) in [7, 11) is 1.46. The van der Waals surface area contributed by atoms with Crippen molar-refractivity contribution < 1.29 is 23.8 Å². The molecule has 0 aliphatic carbocycles. The summed E-state index contributed by atoms with van der Waals surface area (Å²) in [6, 6.07) is 2.91. The maximum atomic E-state index is 12.2. The molecule has 0 spiro atoms.